The van der Waals surface area contributed by atoms with Gasteiger partial charge in [-0.25, -0.2) is 9.78 Å². The summed E-state index contributed by atoms with van der Waals surface area (Å²) in [5, 5.41) is 0. The highest BCUT2D eigenvalue weighted by molar-refractivity contribution is 5.95. The number of carbonyl (C=O) groups is 1. The zero-order valence-electron chi connectivity index (χ0n) is 17.0. The van der Waals surface area contributed by atoms with Crippen molar-refractivity contribution in [2.45, 2.75) is 45.1 Å². The summed E-state index contributed by atoms with van der Waals surface area (Å²) in [7, 11) is 3.52. The summed E-state index contributed by atoms with van der Waals surface area (Å²) in [6.45, 7) is 4.31. The maximum atomic E-state index is 12.3. The average Bonchev–Trinajstić information content (AvgIpc) is 3.03. The summed E-state index contributed by atoms with van der Waals surface area (Å²) in [4.78, 5) is 19.1. The molecule has 0 saturated heterocycles. The lowest BCUT2D eigenvalue weighted by Crippen LogP contribution is -2.42. The highest BCUT2D eigenvalue weighted by Crippen LogP contribution is 2.36. The Hall–Kier alpha value is -2.82. The van der Waals surface area contributed by atoms with Gasteiger partial charge in [0.05, 0.1) is 23.8 Å². The summed E-state index contributed by atoms with van der Waals surface area (Å²) in [6, 6.07) is 14.8. The fourth-order valence-corrected chi connectivity index (χ4v) is 4.28. The van der Waals surface area contributed by atoms with Gasteiger partial charge in [0.25, 0.3) is 0 Å². The predicted octanol–water partition coefficient (Wildman–Crippen LogP) is 4.83. The third-order valence-corrected chi connectivity index (χ3v) is 5.97. The second-order valence-corrected chi connectivity index (χ2v) is 7.76. The zero-order chi connectivity index (χ0) is 19.8. The smallest absolute Gasteiger partial charge is 0.414 e. The van der Waals surface area contributed by atoms with Crippen molar-refractivity contribution in [1.82, 2.24) is 9.55 Å². The number of amides is 1. The number of anilines is 1. The Morgan fingerprint density at radius 3 is 2.71 bits per heavy atom. The largest absolute Gasteiger partial charge is 0.452 e. The van der Waals surface area contributed by atoms with Crippen molar-refractivity contribution < 1.29 is 9.53 Å². The Morgan fingerprint density at radius 1 is 1.25 bits per heavy atom. The van der Waals surface area contributed by atoms with E-state index in [2.05, 4.69) is 55.8 Å². The Bertz CT molecular complexity index is 1010. The molecule has 1 aliphatic heterocycles. The molecule has 2 aromatic carbocycles. The molecule has 146 valence electrons. The second-order valence-electron chi connectivity index (χ2n) is 7.76. The minimum atomic E-state index is -0.304. The number of imidazole rings is 1. The first kappa shape index (κ1) is 18.5. The van der Waals surface area contributed by atoms with E-state index in [-0.39, 0.29) is 12.1 Å². The van der Waals surface area contributed by atoms with Crippen LogP contribution in [0.1, 0.15) is 43.1 Å². The van der Waals surface area contributed by atoms with E-state index in [9.17, 15) is 4.79 Å². The number of carbonyl (C=O) groups excluding carboxylic acids is 1. The van der Waals surface area contributed by atoms with Gasteiger partial charge in [0, 0.05) is 25.1 Å². The van der Waals surface area contributed by atoms with Gasteiger partial charge in [-0.2, -0.15) is 0 Å². The van der Waals surface area contributed by atoms with E-state index in [1.54, 1.807) is 4.90 Å². The highest BCUT2D eigenvalue weighted by Gasteiger charge is 2.31. The first-order chi connectivity index (χ1) is 13.5. The van der Waals surface area contributed by atoms with Gasteiger partial charge in [-0.05, 0) is 43.4 Å². The third kappa shape index (κ3) is 3.05. The molecular formula is C23H27N3O2. The number of nitrogens with zero attached hydrogens (tertiary/aromatic N) is 3. The predicted molar refractivity (Wildman–Crippen MR) is 112 cm³/mol. The SMILES string of the molecule is COC(=O)N1c2ccc3c(nc(C[C@@H](C)c4ccccc4)n3C)c2CC[C@@H]1C. The van der Waals surface area contributed by atoms with Crippen molar-refractivity contribution in [2.24, 2.45) is 7.05 Å². The fourth-order valence-electron chi connectivity index (χ4n) is 4.28. The van der Waals surface area contributed by atoms with E-state index >= 15 is 0 Å². The van der Waals surface area contributed by atoms with Gasteiger partial charge < -0.3 is 9.30 Å². The standard InChI is InChI=1S/C23H27N3O2/c1-15(17-8-6-5-7-9-17)14-21-24-22-18-11-10-16(2)26(23(27)28-4)19(18)12-13-20(22)25(21)3/h5-9,12-13,15-16H,10-11,14H2,1-4H3/t15-,16+/m1/s1. The molecule has 0 aliphatic carbocycles. The molecule has 1 amide bonds. The molecule has 0 saturated carbocycles. The van der Waals surface area contributed by atoms with E-state index in [0.29, 0.717) is 5.92 Å². The topological polar surface area (TPSA) is 47.4 Å². The molecular weight excluding hydrogens is 350 g/mol. The summed E-state index contributed by atoms with van der Waals surface area (Å²) in [6.07, 6.45) is 2.40. The normalized spacial score (nSPS) is 17.4. The van der Waals surface area contributed by atoms with Crippen LogP contribution in [0.25, 0.3) is 11.0 Å². The number of ether oxygens (including phenoxy) is 1. The van der Waals surface area contributed by atoms with Crippen molar-refractivity contribution in [3.05, 3.63) is 59.4 Å². The van der Waals surface area contributed by atoms with Gasteiger partial charge in [-0.3, -0.25) is 4.90 Å². The maximum absolute atomic E-state index is 12.3. The molecule has 0 bridgehead atoms. The average molecular weight is 377 g/mol. The Kier molecular flexibility index (Phi) is 4.84. The highest BCUT2D eigenvalue weighted by atomic mass is 16.5. The lowest BCUT2D eigenvalue weighted by atomic mass is 9.96. The van der Waals surface area contributed by atoms with Gasteiger partial charge >= 0.3 is 6.09 Å². The van der Waals surface area contributed by atoms with Crippen LogP contribution in [0.2, 0.25) is 0 Å². The van der Waals surface area contributed by atoms with Crippen molar-refractivity contribution in [1.29, 1.82) is 0 Å². The van der Waals surface area contributed by atoms with Crippen LogP contribution >= 0.6 is 0 Å². The van der Waals surface area contributed by atoms with Gasteiger partial charge in [-0.15, -0.1) is 0 Å². The molecule has 1 aromatic heterocycles. The number of aryl methyl sites for hydroxylation is 2. The fraction of sp³-hybridized carbons (Fsp3) is 0.391. The van der Waals surface area contributed by atoms with Gasteiger partial charge in [0.2, 0.25) is 0 Å². The van der Waals surface area contributed by atoms with Gasteiger partial charge in [0.15, 0.2) is 0 Å². The Labute approximate surface area is 165 Å². The van der Waals surface area contributed by atoms with Gasteiger partial charge in [0.1, 0.15) is 5.82 Å². The van der Waals surface area contributed by atoms with E-state index in [4.69, 9.17) is 9.72 Å². The molecule has 4 rings (SSSR count). The van der Waals surface area contributed by atoms with Crippen molar-refractivity contribution >= 4 is 22.8 Å². The van der Waals surface area contributed by atoms with E-state index < -0.39 is 0 Å². The molecule has 3 aromatic rings. The summed E-state index contributed by atoms with van der Waals surface area (Å²) in [5.41, 5.74) is 5.53. The number of benzene rings is 2. The number of hydrogen-bond donors (Lipinski definition) is 0. The Balaban J connectivity index is 1.74. The first-order valence-electron chi connectivity index (χ1n) is 9.90. The molecule has 5 heteroatoms. The van der Waals surface area contributed by atoms with Crippen molar-refractivity contribution in [3.63, 3.8) is 0 Å². The van der Waals surface area contributed by atoms with Crippen LogP contribution in [0.5, 0.6) is 0 Å². The molecule has 0 N–H and O–H groups in total. The molecule has 0 spiro atoms. The van der Waals surface area contributed by atoms with Crippen LogP contribution in [0.15, 0.2) is 42.5 Å². The summed E-state index contributed by atoms with van der Waals surface area (Å²) < 4.78 is 7.21. The monoisotopic (exact) mass is 377 g/mol. The number of methoxy groups -OCH3 is 1. The lowest BCUT2D eigenvalue weighted by molar-refractivity contribution is 0.175. The minimum Gasteiger partial charge on any atom is -0.452 e. The van der Waals surface area contributed by atoms with E-state index in [1.807, 2.05) is 12.1 Å². The number of rotatable bonds is 3. The number of aromatic nitrogens is 2. The Morgan fingerprint density at radius 2 is 2.00 bits per heavy atom. The third-order valence-electron chi connectivity index (χ3n) is 5.97. The molecule has 28 heavy (non-hydrogen) atoms. The van der Waals surface area contributed by atoms with Gasteiger partial charge in [-0.1, -0.05) is 37.3 Å². The second kappa shape index (κ2) is 7.30. The number of hydrogen-bond acceptors (Lipinski definition) is 3. The minimum absolute atomic E-state index is 0.124. The molecule has 0 fully saturated rings. The maximum Gasteiger partial charge on any atom is 0.414 e. The molecule has 2 heterocycles. The van der Waals surface area contributed by atoms with E-state index in [0.717, 1.165) is 47.4 Å². The number of fused-ring (bicyclic) bond motifs is 3. The molecule has 2 atom stereocenters. The summed E-state index contributed by atoms with van der Waals surface area (Å²) >= 11 is 0. The zero-order valence-corrected chi connectivity index (χ0v) is 17.0. The van der Waals surface area contributed by atoms with Crippen LogP contribution in [0, 0.1) is 0 Å². The van der Waals surface area contributed by atoms with Crippen LogP contribution < -0.4 is 4.90 Å². The lowest BCUT2D eigenvalue weighted by Gasteiger charge is -2.34. The van der Waals surface area contributed by atoms with Crippen LogP contribution in [0.4, 0.5) is 10.5 Å². The quantitative estimate of drug-likeness (QED) is 0.657. The van der Waals surface area contributed by atoms with Crippen molar-refractivity contribution in [3.8, 4) is 0 Å². The van der Waals surface area contributed by atoms with Crippen molar-refractivity contribution in [2.75, 3.05) is 12.0 Å². The molecule has 0 unspecified atom stereocenters. The van der Waals surface area contributed by atoms with Crippen LogP contribution in [-0.4, -0.2) is 28.8 Å². The van der Waals surface area contributed by atoms with E-state index in [1.165, 1.54) is 12.7 Å². The summed E-state index contributed by atoms with van der Waals surface area (Å²) in [5.74, 6) is 1.46. The van der Waals surface area contributed by atoms with Crippen LogP contribution in [0.3, 0.4) is 0 Å². The first-order valence-corrected chi connectivity index (χ1v) is 9.90. The molecule has 0 radical (unpaired) electrons. The van der Waals surface area contributed by atoms with Crippen LogP contribution in [-0.2, 0) is 24.6 Å². The molecule has 1 aliphatic rings. The molecule has 5 nitrogen and oxygen atoms in total.